The van der Waals surface area contributed by atoms with E-state index in [1.54, 1.807) is 12.2 Å². The molecule has 14 heavy (non-hydrogen) atoms. The summed E-state index contributed by atoms with van der Waals surface area (Å²) in [6.07, 6.45) is -1.63. The number of hydrogen-bond acceptors (Lipinski definition) is 2. The second kappa shape index (κ2) is 6.94. The lowest BCUT2D eigenvalue weighted by molar-refractivity contribution is -0.303. The third-order valence-corrected chi connectivity index (χ3v) is 0.724. The van der Waals surface area contributed by atoms with Gasteiger partial charge < -0.3 is 4.74 Å². The molecule has 0 bridgehead atoms. The molecule has 0 aromatic carbocycles. The summed E-state index contributed by atoms with van der Waals surface area (Å²) < 4.78 is 36.5. The van der Waals surface area contributed by atoms with Gasteiger partial charge in [-0.25, -0.2) is 4.79 Å². The normalized spacial score (nSPS) is 9.14. The summed E-state index contributed by atoms with van der Waals surface area (Å²) in [5, 5.41) is 0. The fourth-order valence-electron chi connectivity index (χ4n) is 0.192. The lowest BCUT2D eigenvalue weighted by Gasteiger charge is -2.05. The first kappa shape index (κ1) is 15.0. The predicted molar refractivity (Wildman–Crippen MR) is 47.4 cm³/mol. The van der Waals surface area contributed by atoms with Crippen molar-refractivity contribution in [2.75, 3.05) is 0 Å². The molecule has 0 rings (SSSR count). The van der Waals surface area contributed by atoms with Crippen LogP contribution in [-0.4, -0.2) is 12.3 Å². The first-order chi connectivity index (χ1) is 6.24. The van der Waals surface area contributed by atoms with Gasteiger partial charge in [-0.1, -0.05) is 31.9 Å². The average molecular weight is 208 g/mol. The Morgan fingerprint density at radius 2 is 1.64 bits per heavy atom. The molecule has 0 spiro atoms. The largest absolute Gasteiger partial charge is 0.575 e. The molecule has 0 aromatic heterocycles. The molecular weight excluding hydrogens is 197 g/mol. The van der Waals surface area contributed by atoms with Crippen molar-refractivity contribution in [3.63, 3.8) is 0 Å². The molecule has 0 radical (unpaired) electrons. The molecule has 0 aliphatic carbocycles. The van der Waals surface area contributed by atoms with E-state index in [-0.39, 0.29) is 5.57 Å². The van der Waals surface area contributed by atoms with Gasteiger partial charge in [0.25, 0.3) is 0 Å². The minimum absolute atomic E-state index is 0.280. The summed E-state index contributed by atoms with van der Waals surface area (Å²) in [6.45, 7) is 10.8. The average Bonchev–Trinajstić information content (AvgIpc) is 2.02. The van der Waals surface area contributed by atoms with Gasteiger partial charge in [-0.15, -0.1) is 13.2 Å². The van der Waals surface area contributed by atoms with Gasteiger partial charge in [-0.05, 0) is 6.92 Å². The first-order valence-electron chi connectivity index (χ1n) is 3.43. The van der Waals surface area contributed by atoms with Crippen molar-refractivity contribution in [1.29, 1.82) is 0 Å². The van der Waals surface area contributed by atoms with Gasteiger partial charge >= 0.3 is 12.3 Å². The van der Waals surface area contributed by atoms with Gasteiger partial charge in [-0.2, -0.15) is 0 Å². The lowest BCUT2D eigenvalue weighted by Crippen LogP contribution is -2.19. The Morgan fingerprint density at radius 3 is 1.71 bits per heavy atom. The van der Waals surface area contributed by atoms with E-state index in [1.807, 2.05) is 0 Å². The van der Waals surface area contributed by atoms with Crippen molar-refractivity contribution in [2.45, 2.75) is 13.3 Å². The van der Waals surface area contributed by atoms with Crippen LogP contribution in [-0.2, 0) is 9.53 Å². The molecule has 0 aliphatic rings. The Morgan fingerprint density at radius 1 is 1.29 bits per heavy atom. The Kier molecular flexibility index (Phi) is 7.42. The maximum Gasteiger partial charge on any atom is 0.575 e. The number of allylic oxidation sites excluding steroid dienone is 2. The van der Waals surface area contributed by atoms with E-state index in [4.69, 9.17) is 0 Å². The molecule has 2 nitrogen and oxygen atoms in total. The van der Waals surface area contributed by atoms with Crippen molar-refractivity contribution in [2.24, 2.45) is 0 Å². The van der Waals surface area contributed by atoms with Gasteiger partial charge in [0.1, 0.15) is 0 Å². The SMILES string of the molecule is C=C(C)C(=O)OC(F)(F)F.C=CC=C. The lowest BCUT2D eigenvalue weighted by atomic mass is 10.4. The van der Waals surface area contributed by atoms with Gasteiger partial charge in [-0.3, -0.25) is 0 Å². The Balaban J connectivity index is 0. The zero-order chi connectivity index (χ0) is 11.8. The number of halogens is 3. The van der Waals surface area contributed by atoms with Crippen LogP contribution in [0.4, 0.5) is 13.2 Å². The van der Waals surface area contributed by atoms with E-state index in [2.05, 4.69) is 24.5 Å². The molecule has 0 saturated carbocycles. The molecule has 0 amide bonds. The van der Waals surface area contributed by atoms with Crippen LogP contribution >= 0.6 is 0 Å². The van der Waals surface area contributed by atoms with Crippen LogP contribution in [0.1, 0.15) is 6.92 Å². The summed E-state index contributed by atoms with van der Waals surface area (Å²) in [6, 6.07) is 0. The van der Waals surface area contributed by atoms with Crippen LogP contribution in [0.2, 0.25) is 0 Å². The monoisotopic (exact) mass is 208 g/mol. The van der Waals surface area contributed by atoms with E-state index >= 15 is 0 Å². The summed E-state index contributed by atoms with van der Waals surface area (Å²) in [5.41, 5.74) is -0.280. The highest BCUT2D eigenvalue weighted by molar-refractivity contribution is 5.87. The Bertz CT molecular complexity index is 223. The molecule has 0 aromatic rings. The fraction of sp³-hybridized carbons (Fsp3) is 0.222. The third-order valence-electron chi connectivity index (χ3n) is 0.724. The van der Waals surface area contributed by atoms with Crippen LogP contribution in [0.25, 0.3) is 0 Å². The van der Waals surface area contributed by atoms with Crippen molar-refractivity contribution in [3.05, 3.63) is 37.5 Å². The number of carbonyl (C=O) groups is 1. The quantitative estimate of drug-likeness (QED) is 0.396. The van der Waals surface area contributed by atoms with Crippen LogP contribution in [0.3, 0.4) is 0 Å². The number of hydrogen-bond donors (Lipinski definition) is 0. The minimum atomic E-state index is -4.91. The fourth-order valence-corrected chi connectivity index (χ4v) is 0.192. The van der Waals surface area contributed by atoms with Crippen LogP contribution in [0.5, 0.6) is 0 Å². The number of alkyl halides is 3. The molecule has 80 valence electrons. The van der Waals surface area contributed by atoms with Crippen molar-refractivity contribution >= 4 is 5.97 Å². The number of ether oxygens (including phenoxy) is 1. The van der Waals surface area contributed by atoms with Gasteiger partial charge in [0.05, 0.1) is 0 Å². The van der Waals surface area contributed by atoms with Gasteiger partial charge in [0.2, 0.25) is 0 Å². The zero-order valence-corrected chi connectivity index (χ0v) is 7.73. The van der Waals surface area contributed by atoms with Gasteiger partial charge in [0.15, 0.2) is 0 Å². The number of carbonyl (C=O) groups excluding carboxylic acids is 1. The molecule has 0 N–H and O–H groups in total. The molecule has 0 heterocycles. The molecule has 0 saturated heterocycles. The minimum Gasteiger partial charge on any atom is -0.369 e. The van der Waals surface area contributed by atoms with E-state index in [0.717, 1.165) is 6.92 Å². The Labute approximate surface area is 80.4 Å². The van der Waals surface area contributed by atoms with Crippen molar-refractivity contribution < 1.29 is 22.7 Å². The molecule has 5 heteroatoms. The number of esters is 1. The van der Waals surface area contributed by atoms with Gasteiger partial charge in [0, 0.05) is 5.57 Å². The smallest absolute Gasteiger partial charge is 0.369 e. The molecule has 0 fully saturated rings. The van der Waals surface area contributed by atoms with E-state index in [0.29, 0.717) is 0 Å². The third kappa shape index (κ3) is 13.1. The molecule has 0 unspecified atom stereocenters. The van der Waals surface area contributed by atoms with E-state index < -0.39 is 12.3 Å². The standard InChI is InChI=1S/C5H5F3O2.C4H6/c1-3(2)4(9)10-5(6,7)8;1-3-4-2/h1H2,2H3;3-4H,1-2H2. The highest BCUT2D eigenvalue weighted by Gasteiger charge is 2.33. The summed E-state index contributed by atoms with van der Waals surface area (Å²) in [5.74, 6) is -1.45. The van der Waals surface area contributed by atoms with Crippen LogP contribution in [0, 0.1) is 0 Å². The number of rotatable bonds is 2. The molecular formula is C9H11F3O2. The first-order valence-corrected chi connectivity index (χ1v) is 3.43. The summed E-state index contributed by atoms with van der Waals surface area (Å²) >= 11 is 0. The second-order valence-corrected chi connectivity index (χ2v) is 2.09. The van der Waals surface area contributed by atoms with Crippen LogP contribution in [0.15, 0.2) is 37.5 Å². The topological polar surface area (TPSA) is 26.3 Å². The highest BCUT2D eigenvalue weighted by atomic mass is 19.4. The predicted octanol–water partition coefficient (Wildman–Crippen LogP) is 2.98. The summed E-state index contributed by atoms with van der Waals surface area (Å²) in [4.78, 5) is 10.1. The highest BCUT2D eigenvalue weighted by Crippen LogP contribution is 2.17. The zero-order valence-electron chi connectivity index (χ0n) is 7.73. The molecule has 0 aliphatic heterocycles. The Hall–Kier alpha value is -1.52. The van der Waals surface area contributed by atoms with Crippen LogP contribution < -0.4 is 0 Å². The van der Waals surface area contributed by atoms with E-state index in [9.17, 15) is 18.0 Å². The second-order valence-electron chi connectivity index (χ2n) is 2.09. The van der Waals surface area contributed by atoms with Crippen molar-refractivity contribution in [3.8, 4) is 0 Å². The maximum atomic E-state index is 11.2. The maximum absolute atomic E-state index is 11.2. The van der Waals surface area contributed by atoms with Crippen molar-refractivity contribution in [1.82, 2.24) is 0 Å². The van der Waals surface area contributed by atoms with E-state index in [1.165, 1.54) is 0 Å². The molecule has 0 atom stereocenters. The summed E-state index contributed by atoms with van der Waals surface area (Å²) in [7, 11) is 0.